The molecule has 1 aliphatic heterocycles. The topological polar surface area (TPSA) is 71.1 Å². The van der Waals surface area contributed by atoms with Crippen LogP contribution in [0.3, 0.4) is 0 Å². The van der Waals surface area contributed by atoms with Gasteiger partial charge in [0.15, 0.2) is 0 Å². The third-order valence-electron chi connectivity index (χ3n) is 5.04. The number of carbonyl (C=O) groups excluding carboxylic acids is 2. The van der Waals surface area contributed by atoms with Gasteiger partial charge < -0.3 is 19.7 Å². The summed E-state index contributed by atoms with van der Waals surface area (Å²) in [5.74, 6) is 1.44. The van der Waals surface area contributed by atoms with E-state index in [1.54, 1.807) is 14.2 Å². The van der Waals surface area contributed by atoms with E-state index in [1.807, 2.05) is 47.5 Å². The number of nitrogens with one attached hydrogen (secondary N) is 1. The van der Waals surface area contributed by atoms with Gasteiger partial charge in [-0.05, 0) is 36.6 Å². The van der Waals surface area contributed by atoms with E-state index in [0.717, 1.165) is 10.4 Å². The maximum atomic E-state index is 12.5. The van der Waals surface area contributed by atoms with Crippen molar-refractivity contribution in [1.29, 1.82) is 0 Å². The second-order valence-corrected chi connectivity index (χ2v) is 7.89. The third-order valence-corrected chi connectivity index (χ3v) is 5.90. The van der Waals surface area contributed by atoms with Crippen molar-refractivity contribution in [3.05, 3.63) is 46.2 Å². The second-order valence-electron chi connectivity index (χ2n) is 6.94. The van der Waals surface area contributed by atoms with E-state index in [0.29, 0.717) is 44.2 Å². The molecule has 1 aromatic carbocycles. The van der Waals surface area contributed by atoms with E-state index in [4.69, 9.17) is 9.47 Å². The maximum Gasteiger partial charge on any atom is 0.264 e. The molecule has 0 aliphatic carbocycles. The molecule has 1 fully saturated rings. The lowest BCUT2D eigenvalue weighted by molar-refractivity contribution is -0.123. The van der Waals surface area contributed by atoms with E-state index in [2.05, 4.69) is 10.2 Å². The van der Waals surface area contributed by atoms with Gasteiger partial charge in [0, 0.05) is 31.7 Å². The number of hydrogen-bond acceptors (Lipinski definition) is 6. The van der Waals surface area contributed by atoms with Gasteiger partial charge in [-0.3, -0.25) is 14.5 Å². The van der Waals surface area contributed by atoms with Gasteiger partial charge in [-0.25, -0.2) is 0 Å². The number of rotatable bonds is 7. The molecule has 1 aliphatic rings. The summed E-state index contributed by atoms with van der Waals surface area (Å²) in [6, 6.07) is 9.06. The van der Waals surface area contributed by atoms with Crippen LogP contribution >= 0.6 is 11.3 Å². The van der Waals surface area contributed by atoms with Gasteiger partial charge in [-0.15, -0.1) is 11.3 Å². The molecular weight excluding hydrogens is 390 g/mol. The van der Waals surface area contributed by atoms with Crippen molar-refractivity contribution < 1.29 is 19.1 Å². The van der Waals surface area contributed by atoms with Crippen LogP contribution in [0.1, 0.15) is 28.2 Å². The first-order valence-corrected chi connectivity index (χ1v) is 10.5. The van der Waals surface area contributed by atoms with Gasteiger partial charge in [0.2, 0.25) is 5.91 Å². The average molecular weight is 418 g/mol. The molecule has 0 saturated carbocycles. The Morgan fingerprint density at radius 3 is 2.52 bits per heavy atom. The quantitative estimate of drug-likeness (QED) is 0.749. The highest BCUT2D eigenvalue weighted by molar-refractivity contribution is 7.12. The Kier molecular flexibility index (Phi) is 7.11. The fourth-order valence-electron chi connectivity index (χ4n) is 3.41. The van der Waals surface area contributed by atoms with Gasteiger partial charge in [-0.1, -0.05) is 6.07 Å². The van der Waals surface area contributed by atoms with Crippen LogP contribution in [0.2, 0.25) is 0 Å². The maximum absolute atomic E-state index is 12.5. The Bertz CT molecular complexity index is 832. The molecule has 2 aromatic rings. The van der Waals surface area contributed by atoms with Crippen LogP contribution < -0.4 is 14.8 Å². The molecular formula is C21H27N3O4S. The first kappa shape index (κ1) is 21.1. The minimum atomic E-state index is -0.214. The molecule has 0 bridgehead atoms. The summed E-state index contributed by atoms with van der Waals surface area (Å²) in [7, 11) is 3.22. The Balaban J connectivity index is 1.51. The average Bonchev–Trinajstić information content (AvgIpc) is 3.28. The number of thiophene rings is 1. The lowest BCUT2D eigenvalue weighted by atomic mass is 10.1. The zero-order chi connectivity index (χ0) is 20.8. The standard InChI is InChI=1S/C21H27N3O4S/c1-15(17-13-16(27-2)6-7-18(17)28-3)22-20(25)14-23-8-10-24(11-9-23)21(26)19-5-4-12-29-19/h4-7,12-13,15H,8-11,14H2,1-3H3,(H,22,25). The van der Waals surface area contributed by atoms with Crippen LogP contribution in [-0.2, 0) is 4.79 Å². The van der Waals surface area contributed by atoms with Gasteiger partial charge in [-0.2, -0.15) is 0 Å². The van der Waals surface area contributed by atoms with Gasteiger partial charge >= 0.3 is 0 Å². The molecule has 1 aromatic heterocycles. The summed E-state index contributed by atoms with van der Waals surface area (Å²) in [5, 5.41) is 4.94. The number of hydrogen-bond donors (Lipinski definition) is 1. The van der Waals surface area contributed by atoms with E-state index in [-0.39, 0.29) is 17.9 Å². The van der Waals surface area contributed by atoms with Crippen LogP contribution in [0.5, 0.6) is 11.5 Å². The van der Waals surface area contributed by atoms with Crippen molar-refractivity contribution in [2.45, 2.75) is 13.0 Å². The van der Waals surface area contributed by atoms with Gasteiger partial charge in [0.1, 0.15) is 11.5 Å². The minimum absolute atomic E-state index is 0.0552. The first-order valence-electron chi connectivity index (χ1n) is 9.58. The van der Waals surface area contributed by atoms with Crippen molar-refractivity contribution in [1.82, 2.24) is 15.1 Å². The number of carbonyl (C=O) groups is 2. The minimum Gasteiger partial charge on any atom is -0.497 e. The molecule has 156 valence electrons. The summed E-state index contributed by atoms with van der Waals surface area (Å²) >= 11 is 1.46. The van der Waals surface area contributed by atoms with Crippen molar-refractivity contribution in [2.75, 3.05) is 46.9 Å². The number of nitrogens with zero attached hydrogens (tertiary/aromatic N) is 2. The monoisotopic (exact) mass is 417 g/mol. The molecule has 2 amide bonds. The largest absolute Gasteiger partial charge is 0.497 e. The lowest BCUT2D eigenvalue weighted by Gasteiger charge is -2.34. The zero-order valence-corrected chi connectivity index (χ0v) is 17.8. The predicted octanol–water partition coefficient (Wildman–Crippen LogP) is 2.40. The number of benzene rings is 1. The Morgan fingerprint density at radius 1 is 1.14 bits per heavy atom. The Labute approximate surface area is 175 Å². The molecule has 0 radical (unpaired) electrons. The fourth-order valence-corrected chi connectivity index (χ4v) is 4.10. The molecule has 2 heterocycles. The molecule has 29 heavy (non-hydrogen) atoms. The van der Waals surface area contributed by atoms with Crippen LogP contribution in [0.15, 0.2) is 35.7 Å². The predicted molar refractivity (Wildman–Crippen MR) is 113 cm³/mol. The normalized spacial score (nSPS) is 15.6. The van der Waals surface area contributed by atoms with E-state index in [9.17, 15) is 9.59 Å². The Hall–Kier alpha value is -2.58. The van der Waals surface area contributed by atoms with Crippen molar-refractivity contribution in [2.24, 2.45) is 0 Å². The van der Waals surface area contributed by atoms with Gasteiger partial charge in [0.05, 0.1) is 31.7 Å². The van der Waals surface area contributed by atoms with E-state index in [1.165, 1.54) is 11.3 Å². The summed E-state index contributed by atoms with van der Waals surface area (Å²) in [6.07, 6.45) is 0. The van der Waals surface area contributed by atoms with Crippen molar-refractivity contribution >= 4 is 23.2 Å². The molecule has 1 unspecified atom stereocenters. The highest BCUT2D eigenvalue weighted by atomic mass is 32.1. The summed E-state index contributed by atoms with van der Waals surface area (Å²) in [5.41, 5.74) is 0.867. The second kappa shape index (κ2) is 9.76. The molecule has 3 rings (SSSR count). The SMILES string of the molecule is COc1ccc(OC)c(C(C)NC(=O)CN2CCN(C(=O)c3cccs3)CC2)c1. The smallest absolute Gasteiger partial charge is 0.264 e. The van der Waals surface area contributed by atoms with Crippen LogP contribution in [0.25, 0.3) is 0 Å². The fraction of sp³-hybridized carbons (Fsp3) is 0.429. The number of piperazine rings is 1. The number of amides is 2. The van der Waals surface area contributed by atoms with Crippen molar-refractivity contribution in [3.8, 4) is 11.5 Å². The lowest BCUT2D eigenvalue weighted by Crippen LogP contribution is -2.51. The Morgan fingerprint density at radius 2 is 1.90 bits per heavy atom. The molecule has 1 saturated heterocycles. The molecule has 8 heteroatoms. The van der Waals surface area contributed by atoms with E-state index < -0.39 is 0 Å². The van der Waals surface area contributed by atoms with Crippen LogP contribution in [0.4, 0.5) is 0 Å². The first-order chi connectivity index (χ1) is 14.0. The highest BCUT2D eigenvalue weighted by Crippen LogP contribution is 2.29. The highest BCUT2D eigenvalue weighted by Gasteiger charge is 2.24. The van der Waals surface area contributed by atoms with Crippen LogP contribution in [0, 0.1) is 0 Å². The van der Waals surface area contributed by atoms with Gasteiger partial charge in [0.25, 0.3) is 5.91 Å². The number of ether oxygens (including phenoxy) is 2. The summed E-state index contributed by atoms with van der Waals surface area (Å²) in [4.78, 5) is 29.7. The van der Waals surface area contributed by atoms with Crippen LogP contribution in [-0.4, -0.2) is 68.6 Å². The third kappa shape index (κ3) is 5.27. The summed E-state index contributed by atoms with van der Waals surface area (Å²) < 4.78 is 10.7. The zero-order valence-electron chi connectivity index (χ0n) is 17.0. The van der Waals surface area contributed by atoms with Crippen molar-refractivity contribution in [3.63, 3.8) is 0 Å². The molecule has 1 N–H and O–H groups in total. The molecule has 1 atom stereocenters. The molecule has 0 spiro atoms. The molecule has 7 nitrogen and oxygen atoms in total. The van der Waals surface area contributed by atoms with E-state index >= 15 is 0 Å². The number of methoxy groups -OCH3 is 2. The summed E-state index contributed by atoms with van der Waals surface area (Å²) in [6.45, 7) is 4.85.